The van der Waals surface area contributed by atoms with Crippen molar-refractivity contribution in [3.05, 3.63) is 93.0 Å². The second-order valence-electron chi connectivity index (χ2n) is 6.23. The van der Waals surface area contributed by atoms with Gasteiger partial charge >= 0.3 is 0 Å². The number of benzene rings is 3. The fourth-order valence-electron chi connectivity index (χ4n) is 2.57. The van der Waals surface area contributed by atoms with Crippen LogP contribution in [0, 0.1) is 10.1 Å². The molecule has 0 atom stereocenters. The molecule has 3 aromatic carbocycles. The van der Waals surface area contributed by atoms with Crippen LogP contribution in [0.1, 0.15) is 18.1 Å². The smallest absolute Gasteiger partial charge is 0.269 e. The number of rotatable bonds is 9. The molecule has 0 spiro atoms. The van der Waals surface area contributed by atoms with E-state index in [-0.39, 0.29) is 5.69 Å². The number of hydrogen-bond donors (Lipinski definition) is 1. The van der Waals surface area contributed by atoms with Gasteiger partial charge in [0.2, 0.25) is 0 Å². The van der Waals surface area contributed by atoms with Gasteiger partial charge in [-0.15, -0.1) is 0 Å². The average Bonchev–Trinajstić information content (AvgIpc) is 2.75. The van der Waals surface area contributed by atoms with Gasteiger partial charge in [0.25, 0.3) is 5.69 Å². The number of anilines is 1. The Bertz CT molecular complexity index is 1020. The van der Waals surface area contributed by atoms with Crippen LogP contribution < -0.4 is 14.9 Å². The van der Waals surface area contributed by atoms with Crippen molar-refractivity contribution in [3.8, 4) is 11.5 Å². The van der Waals surface area contributed by atoms with Gasteiger partial charge in [-0.1, -0.05) is 23.7 Å². The summed E-state index contributed by atoms with van der Waals surface area (Å²) in [4.78, 5) is 10.2. The topological polar surface area (TPSA) is 86.0 Å². The average molecular weight is 426 g/mol. The Morgan fingerprint density at radius 1 is 1.03 bits per heavy atom. The minimum absolute atomic E-state index is 0.0278. The molecule has 1 N–H and O–H groups in total. The van der Waals surface area contributed by atoms with E-state index in [1.54, 1.807) is 18.3 Å². The quantitative estimate of drug-likeness (QED) is 0.271. The standard InChI is InChI=1S/C22H20ClN3O4/c1-2-29-22-13-17(14-24-25-19-8-10-20(11-9-19)26(27)28)5-12-21(22)30-15-16-3-6-18(23)7-4-16/h3-14,25H,2,15H2,1H3/b24-14+. The summed E-state index contributed by atoms with van der Waals surface area (Å²) in [5.41, 5.74) is 5.32. The van der Waals surface area contributed by atoms with E-state index in [9.17, 15) is 10.1 Å². The highest BCUT2D eigenvalue weighted by Gasteiger charge is 2.07. The number of halogens is 1. The number of nitrogens with one attached hydrogen (secondary N) is 1. The molecule has 0 aliphatic carbocycles. The van der Waals surface area contributed by atoms with Crippen LogP contribution in [0.15, 0.2) is 71.8 Å². The summed E-state index contributed by atoms with van der Waals surface area (Å²) in [5, 5.41) is 15.5. The van der Waals surface area contributed by atoms with Crippen molar-refractivity contribution in [2.75, 3.05) is 12.0 Å². The zero-order valence-corrected chi connectivity index (χ0v) is 17.0. The van der Waals surface area contributed by atoms with Gasteiger partial charge in [-0.05, 0) is 60.5 Å². The Morgan fingerprint density at radius 2 is 1.77 bits per heavy atom. The summed E-state index contributed by atoms with van der Waals surface area (Å²) < 4.78 is 11.6. The van der Waals surface area contributed by atoms with Crippen LogP contribution in [-0.4, -0.2) is 17.7 Å². The molecule has 0 heterocycles. The van der Waals surface area contributed by atoms with Crippen molar-refractivity contribution >= 4 is 29.2 Å². The summed E-state index contributed by atoms with van der Waals surface area (Å²) >= 11 is 5.91. The number of ether oxygens (including phenoxy) is 2. The summed E-state index contributed by atoms with van der Waals surface area (Å²) in [6.45, 7) is 2.80. The number of nitro benzene ring substituents is 1. The maximum absolute atomic E-state index is 10.7. The summed E-state index contributed by atoms with van der Waals surface area (Å²) in [5.74, 6) is 1.25. The van der Waals surface area contributed by atoms with Crippen LogP contribution in [0.4, 0.5) is 11.4 Å². The first kappa shape index (κ1) is 21.1. The highest BCUT2D eigenvalue weighted by atomic mass is 35.5. The first-order valence-electron chi connectivity index (χ1n) is 9.23. The Balaban J connectivity index is 1.65. The van der Waals surface area contributed by atoms with Crippen molar-refractivity contribution in [2.45, 2.75) is 13.5 Å². The normalized spacial score (nSPS) is 10.7. The molecule has 0 unspecified atom stereocenters. The zero-order chi connectivity index (χ0) is 21.3. The molecular formula is C22H20ClN3O4. The molecule has 0 saturated carbocycles. The number of hydrogen-bond acceptors (Lipinski definition) is 6. The SMILES string of the molecule is CCOc1cc(/C=N/Nc2ccc([N+](=O)[O-])cc2)ccc1OCc1ccc(Cl)cc1. The number of non-ortho nitro benzene ring substituents is 1. The molecule has 0 radical (unpaired) electrons. The molecule has 3 aromatic rings. The molecule has 0 aliphatic rings. The second kappa shape index (κ2) is 10.3. The van der Waals surface area contributed by atoms with Gasteiger partial charge in [-0.25, -0.2) is 0 Å². The van der Waals surface area contributed by atoms with Crippen LogP contribution >= 0.6 is 11.6 Å². The summed E-state index contributed by atoms with van der Waals surface area (Å²) in [6, 6.07) is 19.0. The maximum Gasteiger partial charge on any atom is 0.269 e. The van der Waals surface area contributed by atoms with Gasteiger partial charge in [0.15, 0.2) is 11.5 Å². The molecule has 30 heavy (non-hydrogen) atoms. The van der Waals surface area contributed by atoms with Gasteiger partial charge < -0.3 is 9.47 Å². The molecule has 0 saturated heterocycles. The molecule has 0 fully saturated rings. The van der Waals surface area contributed by atoms with E-state index >= 15 is 0 Å². The van der Waals surface area contributed by atoms with Gasteiger partial charge in [0.1, 0.15) is 6.61 Å². The van der Waals surface area contributed by atoms with Crippen LogP contribution in [-0.2, 0) is 6.61 Å². The first-order valence-corrected chi connectivity index (χ1v) is 9.60. The third kappa shape index (κ3) is 5.96. The van der Waals surface area contributed by atoms with Crippen LogP contribution in [0.3, 0.4) is 0 Å². The minimum Gasteiger partial charge on any atom is -0.490 e. The first-order chi connectivity index (χ1) is 14.5. The monoisotopic (exact) mass is 425 g/mol. The van der Waals surface area contributed by atoms with E-state index in [0.717, 1.165) is 11.1 Å². The van der Waals surface area contributed by atoms with E-state index in [1.807, 2.05) is 49.4 Å². The van der Waals surface area contributed by atoms with Crippen LogP contribution in [0.5, 0.6) is 11.5 Å². The predicted molar refractivity (Wildman–Crippen MR) is 118 cm³/mol. The van der Waals surface area contributed by atoms with Crippen molar-refractivity contribution < 1.29 is 14.4 Å². The third-order valence-corrected chi connectivity index (χ3v) is 4.31. The number of nitrogens with zero attached hydrogens (tertiary/aromatic N) is 2. The van der Waals surface area contributed by atoms with Gasteiger partial charge in [0.05, 0.1) is 23.4 Å². The predicted octanol–water partition coefficient (Wildman–Crippen LogP) is 5.67. The Morgan fingerprint density at radius 3 is 2.43 bits per heavy atom. The van der Waals surface area contributed by atoms with E-state index < -0.39 is 4.92 Å². The number of hydrazone groups is 1. The van der Waals surface area contributed by atoms with E-state index in [2.05, 4.69) is 10.5 Å². The molecule has 154 valence electrons. The van der Waals surface area contributed by atoms with E-state index in [0.29, 0.717) is 35.4 Å². The Labute approximate surface area is 179 Å². The fraction of sp³-hybridized carbons (Fsp3) is 0.136. The molecule has 8 heteroatoms. The Hall–Kier alpha value is -3.58. The third-order valence-electron chi connectivity index (χ3n) is 4.06. The van der Waals surface area contributed by atoms with E-state index in [4.69, 9.17) is 21.1 Å². The lowest BCUT2D eigenvalue weighted by Gasteiger charge is -2.12. The van der Waals surface area contributed by atoms with Gasteiger partial charge in [-0.3, -0.25) is 15.5 Å². The number of nitro groups is 1. The molecule has 0 aromatic heterocycles. The van der Waals surface area contributed by atoms with Crippen molar-refractivity contribution in [2.24, 2.45) is 5.10 Å². The highest BCUT2D eigenvalue weighted by Crippen LogP contribution is 2.29. The largest absolute Gasteiger partial charge is 0.490 e. The molecular weight excluding hydrogens is 406 g/mol. The lowest BCUT2D eigenvalue weighted by molar-refractivity contribution is -0.384. The summed E-state index contributed by atoms with van der Waals surface area (Å²) in [7, 11) is 0. The zero-order valence-electron chi connectivity index (χ0n) is 16.2. The van der Waals surface area contributed by atoms with Crippen molar-refractivity contribution in [1.29, 1.82) is 0 Å². The van der Waals surface area contributed by atoms with Crippen LogP contribution in [0.2, 0.25) is 5.02 Å². The molecule has 0 aliphatic heterocycles. The highest BCUT2D eigenvalue weighted by molar-refractivity contribution is 6.30. The molecule has 0 bridgehead atoms. The second-order valence-corrected chi connectivity index (χ2v) is 6.66. The molecule has 7 nitrogen and oxygen atoms in total. The van der Waals surface area contributed by atoms with Gasteiger partial charge in [0, 0.05) is 17.2 Å². The minimum atomic E-state index is -0.446. The molecule has 3 rings (SSSR count). The lowest BCUT2D eigenvalue weighted by atomic mass is 10.2. The lowest BCUT2D eigenvalue weighted by Crippen LogP contribution is -2.00. The maximum atomic E-state index is 10.7. The van der Waals surface area contributed by atoms with Gasteiger partial charge in [-0.2, -0.15) is 5.10 Å². The fourth-order valence-corrected chi connectivity index (χ4v) is 2.70. The van der Waals surface area contributed by atoms with Crippen molar-refractivity contribution in [1.82, 2.24) is 0 Å². The van der Waals surface area contributed by atoms with E-state index in [1.165, 1.54) is 12.1 Å². The molecule has 0 amide bonds. The summed E-state index contributed by atoms with van der Waals surface area (Å²) in [6.07, 6.45) is 1.63. The Kier molecular flexibility index (Phi) is 7.24. The van der Waals surface area contributed by atoms with Crippen LogP contribution in [0.25, 0.3) is 0 Å². The van der Waals surface area contributed by atoms with Crippen molar-refractivity contribution in [3.63, 3.8) is 0 Å².